The van der Waals surface area contributed by atoms with Crippen LogP contribution >= 0.6 is 34.7 Å². The Balaban J connectivity index is 2.65. The quantitative estimate of drug-likeness (QED) is 0.528. The van der Waals surface area contributed by atoms with Crippen LogP contribution in [-0.4, -0.2) is 0 Å². The molecular weight excluding hydrogens is 256 g/mol. The van der Waals surface area contributed by atoms with Crippen LogP contribution in [0.15, 0.2) is 20.9 Å². The van der Waals surface area contributed by atoms with Crippen LogP contribution in [0.1, 0.15) is 6.92 Å². The standard InChI is InChI=1S/C8H4ClN2O2S2/c1-4-6(3-10)11(12,13)5-2-7(9)15-8(5)14-4/h2H,1H3/q-1. The van der Waals surface area contributed by atoms with Gasteiger partial charge in [0.05, 0.1) is 4.91 Å². The molecular formula is C8H4ClN2O2S2-. The zero-order chi connectivity index (χ0) is 11.2. The van der Waals surface area contributed by atoms with E-state index in [1.165, 1.54) is 29.2 Å². The molecule has 0 unspecified atom stereocenters. The number of hydrogen-bond donors (Lipinski definition) is 0. The average molecular weight is 260 g/mol. The van der Waals surface area contributed by atoms with Gasteiger partial charge in [0.25, 0.3) is 0 Å². The predicted molar refractivity (Wildman–Crippen MR) is 62.0 cm³/mol. The largest absolute Gasteiger partial charge is 0.620 e. The summed E-state index contributed by atoms with van der Waals surface area (Å²) in [6.07, 6.45) is 0. The van der Waals surface area contributed by atoms with E-state index in [9.17, 15) is 10.4 Å². The van der Waals surface area contributed by atoms with Gasteiger partial charge in [0.15, 0.2) is 11.8 Å². The highest BCUT2D eigenvalue weighted by Crippen LogP contribution is 2.51. The highest BCUT2D eigenvalue weighted by molar-refractivity contribution is 8.05. The van der Waals surface area contributed by atoms with Gasteiger partial charge in [-0.1, -0.05) is 23.4 Å². The lowest BCUT2D eigenvalue weighted by Gasteiger charge is -2.46. The second-order valence-corrected chi connectivity index (χ2v) is 6.06. The summed E-state index contributed by atoms with van der Waals surface area (Å²) in [6, 6.07) is 2.99. The minimum absolute atomic E-state index is 0.0113. The Morgan fingerprint density at radius 3 is 2.80 bits per heavy atom. The van der Waals surface area contributed by atoms with Gasteiger partial charge in [0.2, 0.25) is 5.70 Å². The van der Waals surface area contributed by atoms with Gasteiger partial charge in [-0.3, -0.25) is 0 Å². The van der Waals surface area contributed by atoms with E-state index in [2.05, 4.69) is 0 Å². The van der Waals surface area contributed by atoms with Crippen molar-refractivity contribution in [3.63, 3.8) is 0 Å². The van der Waals surface area contributed by atoms with Crippen LogP contribution in [0.4, 0.5) is 5.69 Å². The van der Waals surface area contributed by atoms with E-state index in [4.69, 9.17) is 16.9 Å². The number of nitrogens with zero attached hydrogens (tertiary/aromatic N) is 2. The molecule has 0 radical (unpaired) electrons. The number of allylic oxidation sites excluding steroid dienone is 2. The summed E-state index contributed by atoms with van der Waals surface area (Å²) in [7, 11) is 0. The Morgan fingerprint density at radius 2 is 2.20 bits per heavy atom. The Morgan fingerprint density at radius 1 is 1.53 bits per heavy atom. The van der Waals surface area contributed by atoms with Gasteiger partial charge in [0, 0.05) is 6.07 Å². The molecule has 0 bridgehead atoms. The third kappa shape index (κ3) is 1.58. The smallest absolute Gasteiger partial charge is 0.225 e. The topological polar surface area (TPSA) is 69.9 Å². The molecule has 78 valence electrons. The van der Waals surface area contributed by atoms with E-state index in [0.29, 0.717) is 13.5 Å². The summed E-state index contributed by atoms with van der Waals surface area (Å²) < 4.78 is 0.954. The Kier molecular flexibility index (Phi) is 2.55. The summed E-state index contributed by atoms with van der Waals surface area (Å²) in [4.78, 5) is -1.57. The number of hydroxylamine groups is 2. The van der Waals surface area contributed by atoms with Gasteiger partial charge in [-0.25, -0.2) is 0 Å². The lowest BCUT2D eigenvalue weighted by atomic mass is 10.3. The molecule has 1 aromatic rings. The van der Waals surface area contributed by atoms with Gasteiger partial charge in [-0.15, -0.1) is 11.3 Å². The molecule has 0 fully saturated rings. The SMILES string of the molecule is CC1=C(C#N)[N+]([O-])([O-])c2cc(Cl)sc2S1. The van der Waals surface area contributed by atoms with Gasteiger partial charge in [0.1, 0.15) is 8.55 Å². The Hall–Kier alpha value is -0.550. The number of nitriles is 1. The van der Waals surface area contributed by atoms with E-state index in [0.717, 1.165) is 0 Å². The minimum atomic E-state index is -2.01. The van der Waals surface area contributed by atoms with Crippen molar-refractivity contribution < 1.29 is 0 Å². The molecule has 0 saturated heterocycles. The molecule has 15 heavy (non-hydrogen) atoms. The highest BCUT2D eigenvalue weighted by atomic mass is 35.5. The molecule has 1 aromatic heterocycles. The van der Waals surface area contributed by atoms with E-state index in [1.807, 2.05) is 0 Å². The Labute approximate surface area is 99.1 Å². The Bertz CT molecular complexity index is 501. The number of thiophene rings is 1. The number of quaternary nitrogens is 1. The van der Waals surface area contributed by atoms with Crippen molar-refractivity contribution in [2.24, 2.45) is 0 Å². The first-order chi connectivity index (χ1) is 6.96. The summed E-state index contributed by atoms with van der Waals surface area (Å²) >= 11 is 8.15. The number of rotatable bonds is 0. The molecule has 2 heterocycles. The van der Waals surface area contributed by atoms with E-state index in [-0.39, 0.29) is 11.4 Å². The number of halogens is 1. The summed E-state index contributed by atoms with van der Waals surface area (Å²) in [5, 5.41) is 32.3. The van der Waals surface area contributed by atoms with Crippen LogP contribution in [0.5, 0.6) is 0 Å². The maximum Gasteiger partial charge on any atom is 0.225 e. The lowest BCUT2D eigenvalue weighted by Crippen LogP contribution is -2.36. The second-order valence-electron chi connectivity index (χ2n) is 2.89. The predicted octanol–water partition coefficient (Wildman–Crippen LogP) is 3.57. The number of fused-ring (bicyclic) bond motifs is 1. The van der Waals surface area contributed by atoms with Gasteiger partial charge in [-0.05, 0) is 6.92 Å². The molecule has 0 aromatic carbocycles. The zero-order valence-corrected chi connectivity index (χ0v) is 9.87. The first-order valence-corrected chi connectivity index (χ1v) is 5.88. The van der Waals surface area contributed by atoms with Crippen molar-refractivity contribution in [2.75, 3.05) is 0 Å². The first-order valence-electron chi connectivity index (χ1n) is 3.87. The third-order valence-corrected chi connectivity index (χ3v) is 4.39. The average Bonchev–Trinajstić information content (AvgIpc) is 2.46. The zero-order valence-electron chi connectivity index (χ0n) is 7.48. The molecule has 4 nitrogen and oxygen atoms in total. The number of hydrogen-bond acceptors (Lipinski definition) is 5. The van der Waals surface area contributed by atoms with Crippen molar-refractivity contribution in [3.8, 4) is 6.07 Å². The molecule has 2 rings (SSSR count). The molecule has 0 amide bonds. The normalized spacial score (nSPS) is 18.6. The molecule has 1 aliphatic heterocycles. The van der Waals surface area contributed by atoms with Crippen molar-refractivity contribution in [1.29, 1.82) is 5.26 Å². The second kappa shape index (κ2) is 3.49. The maximum absolute atomic E-state index is 11.8. The van der Waals surface area contributed by atoms with Crippen molar-refractivity contribution >= 4 is 40.4 Å². The third-order valence-electron chi connectivity index (χ3n) is 1.95. The van der Waals surface area contributed by atoms with Crippen LogP contribution in [0.25, 0.3) is 0 Å². The van der Waals surface area contributed by atoms with Crippen molar-refractivity contribution in [1.82, 2.24) is 4.81 Å². The summed E-state index contributed by atoms with van der Waals surface area (Å²) in [5.41, 5.74) is -0.306. The highest BCUT2D eigenvalue weighted by Gasteiger charge is 2.31. The molecule has 1 aliphatic rings. The molecule has 0 atom stereocenters. The van der Waals surface area contributed by atoms with Gasteiger partial charge < -0.3 is 15.2 Å². The van der Waals surface area contributed by atoms with Crippen LogP contribution < -0.4 is 4.81 Å². The van der Waals surface area contributed by atoms with Crippen LogP contribution in [-0.2, 0) is 0 Å². The van der Waals surface area contributed by atoms with E-state index >= 15 is 0 Å². The first kappa shape index (κ1) is 11.0. The lowest BCUT2D eigenvalue weighted by molar-refractivity contribution is 0.618. The summed E-state index contributed by atoms with van der Waals surface area (Å²) in [6.45, 7) is 1.59. The molecule has 0 aliphatic carbocycles. The maximum atomic E-state index is 11.8. The van der Waals surface area contributed by atoms with Gasteiger partial charge in [-0.2, -0.15) is 5.26 Å². The monoisotopic (exact) mass is 259 g/mol. The van der Waals surface area contributed by atoms with Crippen LogP contribution in [0.2, 0.25) is 4.34 Å². The molecule has 0 saturated carbocycles. The fourth-order valence-corrected chi connectivity index (χ4v) is 4.01. The van der Waals surface area contributed by atoms with Crippen molar-refractivity contribution in [3.05, 3.63) is 31.4 Å². The fraction of sp³-hybridized carbons (Fsp3) is 0.125. The fourth-order valence-electron chi connectivity index (χ4n) is 1.27. The molecule has 0 spiro atoms. The minimum Gasteiger partial charge on any atom is -0.620 e. The van der Waals surface area contributed by atoms with Crippen LogP contribution in [0, 0.1) is 21.7 Å². The summed E-state index contributed by atoms with van der Waals surface area (Å²) in [5.74, 6) is 0. The molecule has 7 heteroatoms. The molecule has 0 N–H and O–H groups in total. The van der Waals surface area contributed by atoms with E-state index < -0.39 is 4.81 Å². The van der Waals surface area contributed by atoms with Gasteiger partial charge >= 0.3 is 0 Å². The van der Waals surface area contributed by atoms with E-state index in [1.54, 1.807) is 13.0 Å². The van der Waals surface area contributed by atoms with Crippen LogP contribution in [0.3, 0.4) is 0 Å². The van der Waals surface area contributed by atoms with Crippen molar-refractivity contribution in [2.45, 2.75) is 11.1 Å². The number of thioether (sulfide) groups is 1.